The van der Waals surface area contributed by atoms with Crippen molar-refractivity contribution < 1.29 is 9.53 Å². The molecule has 6 nitrogen and oxygen atoms in total. The topological polar surface area (TPSA) is 75.3 Å². The fourth-order valence-corrected chi connectivity index (χ4v) is 2.75. The van der Waals surface area contributed by atoms with Crippen molar-refractivity contribution in [1.82, 2.24) is 14.9 Å². The van der Waals surface area contributed by atoms with Gasteiger partial charge >= 0.3 is 5.69 Å². The fraction of sp³-hybridized carbons (Fsp3) is 0.667. The number of H-pyrrole nitrogens is 1. The number of ether oxygens (including phenoxy) is 1. The number of aromatic amines is 1. The molecule has 1 aromatic heterocycles. The zero-order valence-corrected chi connectivity index (χ0v) is 13.2. The molecule has 1 aliphatic rings. The maximum Gasteiger partial charge on any atom is 0.345 e. The van der Waals surface area contributed by atoms with Crippen LogP contribution in [0.4, 0.5) is 0 Å². The number of carbonyl (C=O) groups excluding carboxylic acids is 1. The van der Waals surface area contributed by atoms with Crippen molar-refractivity contribution in [3.05, 3.63) is 27.4 Å². The summed E-state index contributed by atoms with van der Waals surface area (Å²) in [5.74, 6) is 0.105. The average Bonchev–Trinajstić information content (AvgIpc) is 2.35. The summed E-state index contributed by atoms with van der Waals surface area (Å²) < 4.78 is 5.21. The molecule has 1 saturated heterocycles. The van der Waals surface area contributed by atoms with Gasteiger partial charge in [0.1, 0.15) is 0 Å². The summed E-state index contributed by atoms with van der Waals surface area (Å²) in [5.41, 5.74) is 2.20. The monoisotopic (exact) mass is 293 g/mol. The molecular weight excluding hydrogens is 270 g/mol. The third kappa shape index (κ3) is 3.69. The minimum atomic E-state index is -0.338. The summed E-state index contributed by atoms with van der Waals surface area (Å²) in [6, 6.07) is 0. The third-order valence-corrected chi connectivity index (χ3v) is 3.99. The van der Waals surface area contributed by atoms with Gasteiger partial charge in [-0.3, -0.25) is 4.79 Å². The molecule has 1 aliphatic heterocycles. The first-order valence-corrected chi connectivity index (χ1v) is 7.19. The maximum atomic E-state index is 12.2. The summed E-state index contributed by atoms with van der Waals surface area (Å²) in [4.78, 5) is 31.8. The number of hydrogen-bond donors (Lipinski definition) is 1. The second-order valence-electron chi connectivity index (χ2n) is 6.28. The SMILES string of the molecule is Cc1nc(=O)[nH]c(C)c1CCC(=O)N(C)CC1(C)COC1. The number of nitrogens with zero attached hydrogens (tertiary/aromatic N) is 2. The Morgan fingerprint density at radius 1 is 1.43 bits per heavy atom. The molecule has 0 unspecified atom stereocenters. The fourth-order valence-electron chi connectivity index (χ4n) is 2.75. The molecule has 0 radical (unpaired) electrons. The molecule has 2 heterocycles. The molecule has 0 spiro atoms. The van der Waals surface area contributed by atoms with Crippen LogP contribution in [0.1, 0.15) is 30.3 Å². The number of aromatic nitrogens is 2. The molecular formula is C15H23N3O3. The van der Waals surface area contributed by atoms with Gasteiger partial charge in [0.15, 0.2) is 0 Å². The third-order valence-electron chi connectivity index (χ3n) is 3.99. The van der Waals surface area contributed by atoms with Crippen LogP contribution in [-0.2, 0) is 16.0 Å². The van der Waals surface area contributed by atoms with Gasteiger partial charge in [-0.2, -0.15) is 4.98 Å². The largest absolute Gasteiger partial charge is 0.380 e. The number of hydrogen-bond acceptors (Lipinski definition) is 4. The Balaban J connectivity index is 1.93. The second kappa shape index (κ2) is 5.97. The molecule has 0 aromatic carbocycles. The van der Waals surface area contributed by atoms with Crippen molar-refractivity contribution in [2.24, 2.45) is 5.41 Å². The van der Waals surface area contributed by atoms with Crippen LogP contribution in [0.15, 0.2) is 4.79 Å². The van der Waals surface area contributed by atoms with Gasteiger partial charge in [-0.1, -0.05) is 6.92 Å². The predicted molar refractivity (Wildman–Crippen MR) is 79.2 cm³/mol. The van der Waals surface area contributed by atoms with Crippen LogP contribution in [-0.4, -0.2) is 47.6 Å². The van der Waals surface area contributed by atoms with Crippen LogP contribution in [0.2, 0.25) is 0 Å². The highest BCUT2D eigenvalue weighted by Gasteiger charge is 2.35. The molecule has 6 heteroatoms. The first-order valence-electron chi connectivity index (χ1n) is 7.19. The van der Waals surface area contributed by atoms with Crippen LogP contribution < -0.4 is 5.69 Å². The van der Waals surface area contributed by atoms with E-state index in [1.165, 1.54) is 0 Å². The minimum Gasteiger partial charge on any atom is -0.380 e. The zero-order chi connectivity index (χ0) is 15.6. The standard InChI is InChI=1S/C15H23N3O3/c1-10-12(11(2)17-14(20)16-10)5-6-13(19)18(4)7-15(3)8-21-9-15/h5-9H2,1-4H3,(H,16,17,20). The van der Waals surface area contributed by atoms with E-state index in [1.807, 2.05) is 14.0 Å². The molecule has 1 fully saturated rings. The summed E-state index contributed by atoms with van der Waals surface area (Å²) in [5, 5.41) is 0. The van der Waals surface area contributed by atoms with E-state index in [0.29, 0.717) is 38.3 Å². The van der Waals surface area contributed by atoms with E-state index in [2.05, 4.69) is 16.9 Å². The normalized spacial score (nSPS) is 16.4. The molecule has 0 aliphatic carbocycles. The second-order valence-corrected chi connectivity index (χ2v) is 6.28. The maximum absolute atomic E-state index is 12.2. The summed E-state index contributed by atoms with van der Waals surface area (Å²) in [6.45, 7) is 7.91. The lowest BCUT2D eigenvalue weighted by molar-refractivity contribution is -0.141. The highest BCUT2D eigenvalue weighted by molar-refractivity contribution is 5.76. The van der Waals surface area contributed by atoms with Gasteiger partial charge in [-0.15, -0.1) is 0 Å². The quantitative estimate of drug-likeness (QED) is 0.872. The molecule has 1 N–H and O–H groups in total. The van der Waals surface area contributed by atoms with E-state index in [0.717, 1.165) is 11.3 Å². The van der Waals surface area contributed by atoms with E-state index >= 15 is 0 Å². The Morgan fingerprint density at radius 2 is 2.10 bits per heavy atom. The first-order chi connectivity index (χ1) is 9.81. The summed E-state index contributed by atoms with van der Waals surface area (Å²) in [7, 11) is 1.83. The van der Waals surface area contributed by atoms with Gasteiger partial charge in [0, 0.05) is 36.8 Å². The van der Waals surface area contributed by atoms with Crippen molar-refractivity contribution in [3.8, 4) is 0 Å². The zero-order valence-electron chi connectivity index (χ0n) is 13.2. The summed E-state index contributed by atoms with van der Waals surface area (Å²) in [6.07, 6.45) is 1.01. The van der Waals surface area contributed by atoms with E-state index in [4.69, 9.17) is 4.74 Å². The van der Waals surface area contributed by atoms with Gasteiger partial charge in [-0.25, -0.2) is 4.79 Å². The van der Waals surface area contributed by atoms with Gasteiger partial charge in [-0.05, 0) is 25.8 Å². The smallest absolute Gasteiger partial charge is 0.345 e. The number of amides is 1. The Labute approximate surface area is 124 Å². The predicted octanol–water partition coefficient (Wildman–Crippen LogP) is 0.814. The van der Waals surface area contributed by atoms with Crippen LogP contribution >= 0.6 is 0 Å². The van der Waals surface area contributed by atoms with Crippen molar-refractivity contribution in [2.45, 2.75) is 33.6 Å². The molecule has 116 valence electrons. The number of nitrogens with one attached hydrogen (secondary N) is 1. The molecule has 1 amide bonds. The molecule has 2 rings (SSSR count). The van der Waals surface area contributed by atoms with Gasteiger partial charge in [0.2, 0.25) is 5.91 Å². The lowest BCUT2D eigenvalue weighted by Gasteiger charge is -2.40. The summed E-state index contributed by atoms with van der Waals surface area (Å²) >= 11 is 0. The molecule has 0 saturated carbocycles. The molecule has 21 heavy (non-hydrogen) atoms. The minimum absolute atomic E-state index is 0.0930. The Morgan fingerprint density at radius 3 is 2.62 bits per heavy atom. The van der Waals surface area contributed by atoms with E-state index < -0.39 is 0 Å². The lowest BCUT2D eigenvalue weighted by atomic mass is 9.88. The Kier molecular flexibility index (Phi) is 4.46. The molecule has 1 aromatic rings. The van der Waals surface area contributed by atoms with E-state index in [1.54, 1.807) is 11.8 Å². The van der Waals surface area contributed by atoms with Crippen molar-refractivity contribution >= 4 is 5.91 Å². The number of aryl methyl sites for hydroxylation is 2. The highest BCUT2D eigenvalue weighted by Crippen LogP contribution is 2.27. The van der Waals surface area contributed by atoms with Crippen molar-refractivity contribution in [1.29, 1.82) is 0 Å². The molecule has 0 atom stereocenters. The van der Waals surface area contributed by atoms with Crippen LogP contribution in [0.3, 0.4) is 0 Å². The number of carbonyl (C=O) groups is 1. The molecule has 0 bridgehead atoms. The highest BCUT2D eigenvalue weighted by atomic mass is 16.5. The lowest BCUT2D eigenvalue weighted by Crippen LogP contribution is -2.49. The van der Waals surface area contributed by atoms with Crippen molar-refractivity contribution in [3.63, 3.8) is 0 Å². The average molecular weight is 293 g/mol. The number of rotatable bonds is 5. The van der Waals surface area contributed by atoms with Crippen LogP contribution in [0, 0.1) is 19.3 Å². The van der Waals surface area contributed by atoms with Gasteiger partial charge in [0.05, 0.1) is 13.2 Å². The van der Waals surface area contributed by atoms with Gasteiger partial charge in [0.25, 0.3) is 0 Å². The van der Waals surface area contributed by atoms with Crippen LogP contribution in [0.5, 0.6) is 0 Å². The first kappa shape index (κ1) is 15.7. The Hall–Kier alpha value is -1.69. The van der Waals surface area contributed by atoms with Gasteiger partial charge < -0.3 is 14.6 Å². The van der Waals surface area contributed by atoms with Crippen molar-refractivity contribution in [2.75, 3.05) is 26.8 Å². The van der Waals surface area contributed by atoms with E-state index in [-0.39, 0.29) is 17.0 Å². The van der Waals surface area contributed by atoms with Crippen LogP contribution in [0.25, 0.3) is 0 Å². The Bertz CT molecular complexity index is 564. The van der Waals surface area contributed by atoms with E-state index in [9.17, 15) is 9.59 Å².